The molecule has 0 aliphatic carbocycles. The molecule has 18 heavy (non-hydrogen) atoms. The topological polar surface area (TPSA) is 42.2 Å². The largest absolute Gasteiger partial charge is 0.363 e. The second-order valence-corrected chi connectivity index (χ2v) is 4.21. The summed E-state index contributed by atoms with van der Waals surface area (Å²) in [4.78, 5) is 8.71. The molecule has 2 aromatic heterocycles. The highest BCUT2D eigenvalue weighted by Gasteiger charge is 2.05. The number of imidazole rings is 1. The predicted octanol–water partition coefficient (Wildman–Crippen LogP) is 2.65. The lowest BCUT2D eigenvalue weighted by Crippen LogP contribution is -2.03. The summed E-state index contributed by atoms with van der Waals surface area (Å²) >= 11 is 0. The number of aryl methyl sites for hydroxylation is 1. The standard InChI is InChI=1S/C14H14N4/c1-11-9-17-14-13(15-7-8-18(11)14)16-10-12-5-3-2-4-6-12/h2-9H,10H2,1H3,(H,15,16). The van der Waals surface area contributed by atoms with E-state index in [1.807, 2.05) is 41.9 Å². The summed E-state index contributed by atoms with van der Waals surface area (Å²) in [6, 6.07) is 10.3. The van der Waals surface area contributed by atoms with E-state index in [1.165, 1.54) is 5.56 Å². The summed E-state index contributed by atoms with van der Waals surface area (Å²) in [6.45, 7) is 2.78. The molecular weight excluding hydrogens is 224 g/mol. The van der Waals surface area contributed by atoms with Crippen LogP contribution in [0.5, 0.6) is 0 Å². The zero-order chi connectivity index (χ0) is 12.4. The highest BCUT2D eigenvalue weighted by atomic mass is 15.1. The van der Waals surface area contributed by atoms with Crippen molar-refractivity contribution in [3.8, 4) is 0 Å². The number of fused-ring (bicyclic) bond motifs is 1. The first-order chi connectivity index (χ1) is 8.84. The minimum absolute atomic E-state index is 0.749. The fourth-order valence-corrected chi connectivity index (χ4v) is 1.95. The Morgan fingerprint density at radius 2 is 2.00 bits per heavy atom. The van der Waals surface area contributed by atoms with Gasteiger partial charge in [-0.2, -0.15) is 0 Å². The molecule has 0 aliphatic heterocycles. The van der Waals surface area contributed by atoms with Gasteiger partial charge < -0.3 is 5.32 Å². The summed E-state index contributed by atoms with van der Waals surface area (Å²) in [5.41, 5.74) is 3.20. The molecule has 1 aromatic carbocycles. The van der Waals surface area contributed by atoms with Crippen LogP contribution >= 0.6 is 0 Å². The van der Waals surface area contributed by atoms with E-state index in [9.17, 15) is 0 Å². The summed E-state index contributed by atoms with van der Waals surface area (Å²) in [5.74, 6) is 0.814. The van der Waals surface area contributed by atoms with Crippen LogP contribution in [0, 0.1) is 6.92 Å². The molecule has 0 spiro atoms. The lowest BCUT2D eigenvalue weighted by molar-refractivity contribution is 1.05. The Hall–Kier alpha value is -2.36. The molecule has 90 valence electrons. The highest BCUT2D eigenvalue weighted by Crippen LogP contribution is 2.14. The quantitative estimate of drug-likeness (QED) is 0.762. The SMILES string of the molecule is Cc1cnc2c(NCc3ccccc3)nccn12. The zero-order valence-electron chi connectivity index (χ0n) is 10.2. The van der Waals surface area contributed by atoms with E-state index < -0.39 is 0 Å². The molecular formula is C14H14N4. The fraction of sp³-hybridized carbons (Fsp3) is 0.143. The summed E-state index contributed by atoms with van der Waals surface area (Å²) < 4.78 is 2.03. The van der Waals surface area contributed by atoms with Gasteiger partial charge in [0.1, 0.15) is 0 Å². The number of benzene rings is 1. The van der Waals surface area contributed by atoms with E-state index >= 15 is 0 Å². The van der Waals surface area contributed by atoms with Gasteiger partial charge in [-0.1, -0.05) is 30.3 Å². The molecule has 0 unspecified atom stereocenters. The number of nitrogens with zero attached hydrogens (tertiary/aromatic N) is 3. The number of hydrogen-bond acceptors (Lipinski definition) is 3. The average molecular weight is 238 g/mol. The maximum atomic E-state index is 4.37. The third kappa shape index (κ3) is 1.93. The number of nitrogens with one attached hydrogen (secondary N) is 1. The Balaban J connectivity index is 1.87. The molecule has 4 heteroatoms. The van der Waals surface area contributed by atoms with Crippen molar-refractivity contribution < 1.29 is 0 Å². The molecule has 0 saturated carbocycles. The lowest BCUT2D eigenvalue weighted by Gasteiger charge is -2.06. The highest BCUT2D eigenvalue weighted by molar-refractivity contribution is 5.63. The van der Waals surface area contributed by atoms with Gasteiger partial charge in [0.15, 0.2) is 11.5 Å². The van der Waals surface area contributed by atoms with E-state index in [2.05, 4.69) is 27.4 Å². The molecule has 0 amide bonds. The molecule has 4 nitrogen and oxygen atoms in total. The molecule has 2 heterocycles. The van der Waals surface area contributed by atoms with E-state index in [4.69, 9.17) is 0 Å². The lowest BCUT2D eigenvalue weighted by atomic mass is 10.2. The van der Waals surface area contributed by atoms with Gasteiger partial charge in [0.05, 0.1) is 0 Å². The summed E-state index contributed by atoms with van der Waals surface area (Å²) in [6.07, 6.45) is 5.56. The Kier molecular flexibility index (Phi) is 2.68. The minimum atomic E-state index is 0.749. The Morgan fingerprint density at radius 3 is 2.83 bits per heavy atom. The first-order valence-corrected chi connectivity index (χ1v) is 5.91. The van der Waals surface area contributed by atoms with Gasteiger partial charge in [0, 0.05) is 30.8 Å². The van der Waals surface area contributed by atoms with Crippen LogP contribution in [0.3, 0.4) is 0 Å². The van der Waals surface area contributed by atoms with Crippen molar-refractivity contribution in [2.24, 2.45) is 0 Å². The van der Waals surface area contributed by atoms with Crippen molar-refractivity contribution in [2.75, 3.05) is 5.32 Å². The molecule has 0 fully saturated rings. The van der Waals surface area contributed by atoms with Gasteiger partial charge >= 0.3 is 0 Å². The third-order valence-electron chi connectivity index (χ3n) is 2.92. The van der Waals surface area contributed by atoms with E-state index in [0.717, 1.165) is 23.7 Å². The van der Waals surface area contributed by atoms with Gasteiger partial charge in [-0.25, -0.2) is 9.97 Å². The number of hydrogen-bond donors (Lipinski definition) is 1. The first kappa shape index (κ1) is 10.8. The van der Waals surface area contributed by atoms with Gasteiger partial charge in [-0.15, -0.1) is 0 Å². The first-order valence-electron chi connectivity index (χ1n) is 5.91. The van der Waals surface area contributed by atoms with Crippen molar-refractivity contribution in [1.29, 1.82) is 0 Å². The zero-order valence-corrected chi connectivity index (χ0v) is 10.2. The molecule has 3 rings (SSSR count). The maximum Gasteiger partial charge on any atom is 0.180 e. The van der Waals surface area contributed by atoms with Gasteiger partial charge in [0.25, 0.3) is 0 Å². The van der Waals surface area contributed by atoms with Crippen LogP contribution in [0.25, 0.3) is 5.65 Å². The van der Waals surface area contributed by atoms with E-state index in [0.29, 0.717) is 0 Å². The van der Waals surface area contributed by atoms with Crippen molar-refractivity contribution in [3.63, 3.8) is 0 Å². The molecule has 0 radical (unpaired) electrons. The second-order valence-electron chi connectivity index (χ2n) is 4.21. The van der Waals surface area contributed by atoms with Crippen molar-refractivity contribution >= 4 is 11.5 Å². The van der Waals surface area contributed by atoms with Crippen LogP contribution in [0.1, 0.15) is 11.3 Å². The molecule has 0 saturated heterocycles. The molecule has 0 atom stereocenters. The van der Waals surface area contributed by atoms with Gasteiger partial charge in [0.2, 0.25) is 0 Å². The molecule has 3 aromatic rings. The number of aromatic nitrogens is 3. The van der Waals surface area contributed by atoms with Gasteiger partial charge in [-0.05, 0) is 12.5 Å². The Bertz CT molecular complexity index is 658. The maximum absolute atomic E-state index is 4.37. The van der Waals surface area contributed by atoms with Crippen LogP contribution in [0.2, 0.25) is 0 Å². The van der Waals surface area contributed by atoms with Crippen LogP contribution in [0.4, 0.5) is 5.82 Å². The number of anilines is 1. The van der Waals surface area contributed by atoms with Gasteiger partial charge in [-0.3, -0.25) is 4.40 Å². The van der Waals surface area contributed by atoms with Crippen LogP contribution in [0.15, 0.2) is 48.9 Å². The second kappa shape index (κ2) is 4.49. The average Bonchev–Trinajstić information content (AvgIpc) is 2.80. The summed E-state index contributed by atoms with van der Waals surface area (Å²) in [5, 5.41) is 3.32. The van der Waals surface area contributed by atoms with Crippen molar-refractivity contribution in [2.45, 2.75) is 13.5 Å². The Morgan fingerprint density at radius 1 is 1.17 bits per heavy atom. The number of rotatable bonds is 3. The minimum Gasteiger partial charge on any atom is -0.363 e. The van der Waals surface area contributed by atoms with Crippen LogP contribution < -0.4 is 5.32 Å². The summed E-state index contributed by atoms with van der Waals surface area (Å²) in [7, 11) is 0. The van der Waals surface area contributed by atoms with Crippen LogP contribution in [-0.2, 0) is 6.54 Å². The Labute approximate surface area is 105 Å². The normalized spacial score (nSPS) is 10.7. The molecule has 0 aliphatic rings. The molecule has 1 N–H and O–H groups in total. The van der Waals surface area contributed by atoms with E-state index in [-0.39, 0.29) is 0 Å². The smallest absolute Gasteiger partial charge is 0.180 e. The van der Waals surface area contributed by atoms with Crippen molar-refractivity contribution in [1.82, 2.24) is 14.4 Å². The molecule has 0 bridgehead atoms. The van der Waals surface area contributed by atoms with E-state index in [1.54, 1.807) is 6.20 Å². The van der Waals surface area contributed by atoms with Crippen molar-refractivity contribution in [3.05, 3.63) is 60.2 Å². The fourth-order valence-electron chi connectivity index (χ4n) is 1.95. The third-order valence-corrected chi connectivity index (χ3v) is 2.92. The monoisotopic (exact) mass is 238 g/mol. The predicted molar refractivity (Wildman–Crippen MR) is 71.5 cm³/mol. The van der Waals surface area contributed by atoms with Crippen LogP contribution in [-0.4, -0.2) is 14.4 Å².